The molecule has 240 valence electrons. The highest BCUT2D eigenvalue weighted by molar-refractivity contribution is 6.26. The van der Waals surface area contributed by atoms with E-state index >= 15 is 0 Å². The Labute approximate surface area is 285 Å². The summed E-state index contributed by atoms with van der Waals surface area (Å²) in [4.78, 5) is 0. The van der Waals surface area contributed by atoms with Gasteiger partial charge in [-0.15, -0.1) is 0 Å². The Kier molecular flexibility index (Phi) is 6.48. The fourth-order valence-electron chi connectivity index (χ4n) is 7.39. The van der Waals surface area contributed by atoms with Crippen molar-refractivity contribution in [1.82, 2.24) is 0 Å². The number of hydrogen-bond donors (Lipinski definition) is 5. The second-order valence-electron chi connectivity index (χ2n) is 12.4. The molecule has 1 aromatic heterocycles. The molecular formula is C44H28O6. The van der Waals surface area contributed by atoms with E-state index in [0.29, 0.717) is 16.3 Å². The van der Waals surface area contributed by atoms with E-state index in [9.17, 15) is 25.5 Å². The molecule has 0 radical (unpaired) electrons. The van der Waals surface area contributed by atoms with Crippen LogP contribution < -0.4 is 0 Å². The molecule has 0 saturated carbocycles. The van der Waals surface area contributed by atoms with Crippen LogP contribution in [0.5, 0.6) is 28.7 Å². The SMILES string of the molecule is Oc1c(O)c(O)c(-c2c3ccccc3c(-c3ccc4oc5ccccc5c4c3-c3ccc(-c4ccccc4)cc3)c3ccccc23)c(O)c1O. The maximum atomic E-state index is 11.1. The highest BCUT2D eigenvalue weighted by atomic mass is 16.4. The molecule has 0 amide bonds. The first-order valence-corrected chi connectivity index (χ1v) is 16.2. The lowest BCUT2D eigenvalue weighted by Gasteiger charge is -2.21. The minimum atomic E-state index is -1.00. The Morgan fingerprint density at radius 2 is 0.760 bits per heavy atom. The fraction of sp³-hybridized carbons (Fsp3) is 0. The van der Waals surface area contributed by atoms with Crippen LogP contribution in [0.4, 0.5) is 0 Å². The van der Waals surface area contributed by atoms with Gasteiger partial charge in [-0.2, -0.15) is 0 Å². The smallest absolute Gasteiger partial charge is 0.208 e. The summed E-state index contributed by atoms with van der Waals surface area (Å²) in [6.07, 6.45) is 0. The molecule has 0 aliphatic carbocycles. The molecule has 5 N–H and O–H groups in total. The van der Waals surface area contributed by atoms with Crippen molar-refractivity contribution in [3.05, 3.63) is 140 Å². The zero-order valence-corrected chi connectivity index (χ0v) is 26.4. The Hall–Kier alpha value is -6.92. The van der Waals surface area contributed by atoms with Gasteiger partial charge in [0.1, 0.15) is 11.2 Å². The molecule has 6 nitrogen and oxygen atoms in total. The fourth-order valence-corrected chi connectivity index (χ4v) is 7.39. The van der Waals surface area contributed by atoms with Gasteiger partial charge < -0.3 is 29.9 Å². The molecule has 0 fully saturated rings. The van der Waals surface area contributed by atoms with Gasteiger partial charge in [0.25, 0.3) is 0 Å². The van der Waals surface area contributed by atoms with E-state index in [-0.39, 0.29) is 5.56 Å². The van der Waals surface area contributed by atoms with Crippen molar-refractivity contribution in [3.63, 3.8) is 0 Å². The van der Waals surface area contributed by atoms with Gasteiger partial charge in [0.15, 0.2) is 11.5 Å². The van der Waals surface area contributed by atoms with Crippen molar-refractivity contribution >= 4 is 43.5 Å². The quantitative estimate of drug-likeness (QED) is 0.0734. The number of phenols is 5. The van der Waals surface area contributed by atoms with E-state index < -0.39 is 28.7 Å². The molecule has 0 spiro atoms. The molecule has 0 saturated heterocycles. The van der Waals surface area contributed by atoms with Crippen LogP contribution in [-0.2, 0) is 0 Å². The molecule has 8 aromatic carbocycles. The zero-order chi connectivity index (χ0) is 34.1. The molecule has 0 unspecified atom stereocenters. The van der Waals surface area contributed by atoms with Crippen LogP contribution in [0.3, 0.4) is 0 Å². The predicted octanol–water partition coefficient (Wildman–Crippen LogP) is 11.1. The summed E-state index contributed by atoms with van der Waals surface area (Å²) in [6.45, 7) is 0. The second-order valence-corrected chi connectivity index (χ2v) is 12.4. The lowest BCUT2D eigenvalue weighted by Crippen LogP contribution is -1.94. The number of rotatable bonds is 4. The number of hydrogen-bond acceptors (Lipinski definition) is 6. The van der Waals surface area contributed by atoms with Gasteiger partial charge in [0, 0.05) is 21.9 Å². The molecule has 0 bridgehead atoms. The summed E-state index contributed by atoms with van der Waals surface area (Å²) in [5.41, 5.74) is 7.81. The predicted molar refractivity (Wildman–Crippen MR) is 199 cm³/mol. The summed E-state index contributed by atoms with van der Waals surface area (Å²) in [7, 11) is 0. The Morgan fingerprint density at radius 3 is 1.36 bits per heavy atom. The number of fused-ring (bicyclic) bond motifs is 5. The lowest BCUT2D eigenvalue weighted by molar-refractivity contribution is 0.330. The van der Waals surface area contributed by atoms with Gasteiger partial charge in [-0.3, -0.25) is 0 Å². The van der Waals surface area contributed by atoms with Gasteiger partial charge in [-0.25, -0.2) is 0 Å². The summed E-state index contributed by atoms with van der Waals surface area (Å²) in [5, 5.41) is 58.5. The molecule has 1 heterocycles. The number of para-hydroxylation sites is 1. The third-order valence-corrected chi connectivity index (χ3v) is 9.65. The van der Waals surface area contributed by atoms with Crippen molar-refractivity contribution in [2.75, 3.05) is 0 Å². The molecule has 9 aromatic rings. The van der Waals surface area contributed by atoms with Crippen molar-refractivity contribution in [3.8, 4) is 73.3 Å². The summed E-state index contributed by atoms with van der Waals surface area (Å²) >= 11 is 0. The monoisotopic (exact) mass is 652 g/mol. The third-order valence-electron chi connectivity index (χ3n) is 9.65. The number of benzene rings is 8. The summed E-state index contributed by atoms with van der Waals surface area (Å²) in [5.74, 6) is -4.34. The van der Waals surface area contributed by atoms with E-state index in [1.54, 1.807) is 0 Å². The summed E-state index contributed by atoms with van der Waals surface area (Å²) in [6, 6.07) is 46.1. The zero-order valence-electron chi connectivity index (χ0n) is 26.4. The standard InChI is InChI=1S/C44H28O6/c45-40-39(41(46)43(48)44(49)42(40)47)37-29-14-6-4-12-27(29)36(28-13-5-7-15-30(28)37)32-22-23-34-38(31-16-8-9-17-33(31)50-34)35(32)26-20-18-25(19-21-26)24-10-2-1-3-11-24/h1-23,45-49H. The van der Waals surface area contributed by atoms with Crippen molar-refractivity contribution in [1.29, 1.82) is 0 Å². The lowest BCUT2D eigenvalue weighted by atomic mass is 9.82. The summed E-state index contributed by atoms with van der Waals surface area (Å²) < 4.78 is 6.39. The first kappa shape index (κ1) is 29.2. The first-order chi connectivity index (χ1) is 24.4. The van der Waals surface area contributed by atoms with Gasteiger partial charge in [0.05, 0.1) is 5.56 Å². The minimum Gasteiger partial charge on any atom is -0.504 e. The largest absolute Gasteiger partial charge is 0.504 e. The Bertz CT molecular complexity index is 2710. The van der Waals surface area contributed by atoms with E-state index in [0.717, 1.165) is 66.1 Å². The number of aromatic hydroxyl groups is 5. The number of phenolic OH excluding ortho intramolecular Hbond substituents is 5. The van der Waals surface area contributed by atoms with Gasteiger partial charge >= 0.3 is 0 Å². The van der Waals surface area contributed by atoms with Crippen molar-refractivity contribution in [2.45, 2.75) is 0 Å². The first-order valence-electron chi connectivity index (χ1n) is 16.2. The Balaban J connectivity index is 1.42. The second kappa shape index (κ2) is 11.1. The van der Waals surface area contributed by atoms with Gasteiger partial charge in [-0.1, -0.05) is 121 Å². The van der Waals surface area contributed by atoms with E-state index in [1.807, 2.05) is 91.0 Å². The maximum absolute atomic E-state index is 11.1. The van der Waals surface area contributed by atoms with Crippen LogP contribution in [0.1, 0.15) is 0 Å². The highest BCUT2D eigenvalue weighted by Crippen LogP contribution is 2.58. The van der Waals surface area contributed by atoms with Crippen LogP contribution in [0.15, 0.2) is 144 Å². The minimum absolute atomic E-state index is 0.190. The molecule has 6 heteroatoms. The van der Waals surface area contributed by atoms with Crippen LogP contribution in [0.25, 0.3) is 88.0 Å². The number of furan rings is 1. The van der Waals surface area contributed by atoms with E-state index in [4.69, 9.17) is 4.42 Å². The average molecular weight is 653 g/mol. The molecule has 0 atom stereocenters. The molecule has 9 rings (SSSR count). The van der Waals surface area contributed by atoms with Crippen molar-refractivity contribution < 1.29 is 29.9 Å². The molecular weight excluding hydrogens is 624 g/mol. The average Bonchev–Trinajstić information content (AvgIpc) is 3.55. The highest BCUT2D eigenvalue weighted by Gasteiger charge is 2.29. The van der Waals surface area contributed by atoms with Crippen LogP contribution in [-0.4, -0.2) is 25.5 Å². The third kappa shape index (κ3) is 4.22. The Morgan fingerprint density at radius 1 is 0.300 bits per heavy atom. The van der Waals surface area contributed by atoms with Gasteiger partial charge in [0.2, 0.25) is 17.2 Å². The maximum Gasteiger partial charge on any atom is 0.208 e. The normalized spacial score (nSPS) is 11.6. The van der Waals surface area contributed by atoms with Crippen LogP contribution in [0.2, 0.25) is 0 Å². The van der Waals surface area contributed by atoms with E-state index in [2.05, 4.69) is 48.5 Å². The van der Waals surface area contributed by atoms with Crippen LogP contribution >= 0.6 is 0 Å². The molecule has 50 heavy (non-hydrogen) atoms. The van der Waals surface area contributed by atoms with E-state index in [1.165, 1.54) is 0 Å². The van der Waals surface area contributed by atoms with Gasteiger partial charge in [-0.05, 0) is 67.6 Å². The van der Waals surface area contributed by atoms with Crippen LogP contribution in [0, 0.1) is 0 Å². The topological polar surface area (TPSA) is 114 Å². The molecule has 0 aliphatic heterocycles. The van der Waals surface area contributed by atoms with Crippen molar-refractivity contribution in [2.24, 2.45) is 0 Å². The molecule has 0 aliphatic rings.